The molecule has 0 fully saturated rings. The fraction of sp³-hybridized carbons (Fsp3) is 0.375. The Labute approximate surface area is 140 Å². The number of likely N-dealkylation sites (N-methyl/N-ethyl adjacent to an activating group) is 1. The van der Waals surface area contributed by atoms with Crippen LogP contribution in [-0.2, 0) is 17.8 Å². The molecule has 0 saturated carbocycles. The third-order valence-corrected chi connectivity index (χ3v) is 4.19. The number of aromatic nitrogens is 1. The highest BCUT2D eigenvalue weighted by Crippen LogP contribution is 2.11. The average molecular weight is 338 g/mol. The van der Waals surface area contributed by atoms with E-state index >= 15 is 0 Å². The van der Waals surface area contributed by atoms with E-state index in [0.29, 0.717) is 19.6 Å². The van der Waals surface area contributed by atoms with Gasteiger partial charge in [-0.05, 0) is 38.1 Å². The number of benzene rings is 1. The summed E-state index contributed by atoms with van der Waals surface area (Å²) in [6.45, 7) is 3.65. The second-order valence-corrected chi connectivity index (χ2v) is 6.76. The highest BCUT2D eigenvalue weighted by Gasteiger charge is 2.08. The van der Waals surface area contributed by atoms with Crippen LogP contribution in [0.15, 0.2) is 29.6 Å². The van der Waals surface area contributed by atoms with Gasteiger partial charge in [-0.2, -0.15) is 0 Å². The summed E-state index contributed by atoms with van der Waals surface area (Å²) in [4.78, 5) is 18.3. The number of hydrogen-bond acceptors (Lipinski definition) is 4. The van der Waals surface area contributed by atoms with Gasteiger partial charge in [0, 0.05) is 23.5 Å². The first-order valence-electron chi connectivity index (χ1n) is 7.13. The molecule has 1 heterocycles. The van der Waals surface area contributed by atoms with E-state index in [2.05, 4.69) is 10.3 Å². The molecule has 1 aromatic heterocycles. The van der Waals surface area contributed by atoms with Crippen LogP contribution in [0.1, 0.15) is 16.3 Å². The Bertz CT molecular complexity index is 629. The van der Waals surface area contributed by atoms with Crippen molar-refractivity contribution in [3.05, 3.63) is 50.9 Å². The number of hydrogen-bond donors (Lipinski definition) is 1. The molecular formula is C16H20ClN3OS. The number of carbonyl (C=O) groups excluding carboxylic acids is 1. The standard InChI is InChI=1S/C16H20ClN3OS/c1-12-19-15(11-22-12)9-20(2)10-16(21)18-7-6-13-4-3-5-14(17)8-13/h3-5,8,11H,6-7,9-10H2,1-2H3,(H,18,21). The fourth-order valence-electron chi connectivity index (χ4n) is 2.15. The SMILES string of the molecule is Cc1nc(CN(C)CC(=O)NCCc2cccc(Cl)c2)cs1. The van der Waals surface area contributed by atoms with Crippen LogP contribution in [0.25, 0.3) is 0 Å². The minimum atomic E-state index is 0.0245. The lowest BCUT2D eigenvalue weighted by molar-refractivity contribution is -0.122. The molecular weight excluding hydrogens is 318 g/mol. The molecule has 0 saturated heterocycles. The van der Waals surface area contributed by atoms with Crippen LogP contribution in [0.3, 0.4) is 0 Å². The van der Waals surface area contributed by atoms with Crippen molar-refractivity contribution < 1.29 is 4.79 Å². The normalized spacial score (nSPS) is 10.9. The van der Waals surface area contributed by atoms with Crippen molar-refractivity contribution in [2.45, 2.75) is 19.9 Å². The van der Waals surface area contributed by atoms with E-state index in [-0.39, 0.29) is 5.91 Å². The maximum atomic E-state index is 11.9. The number of rotatable bonds is 7. The second-order valence-electron chi connectivity index (χ2n) is 5.26. The second kappa shape index (κ2) is 8.27. The molecule has 1 N–H and O–H groups in total. The monoisotopic (exact) mass is 337 g/mol. The van der Waals surface area contributed by atoms with Crippen molar-refractivity contribution in [2.75, 3.05) is 20.1 Å². The van der Waals surface area contributed by atoms with Crippen molar-refractivity contribution in [3.8, 4) is 0 Å². The Kier molecular flexibility index (Phi) is 6.36. The summed E-state index contributed by atoms with van der Waals surface area (Å²) in [6, 6.07) is 7.70. The maximum absolute atomic E-state index is 11.9. The van der Waals surface area contributed by atoms with Gasteiger partial charge >= 0.3 is 0 Å². The molecule has 0 radical (unpaired) electrons. The van der Waals surface area contributed by atoms with Gasteiger partial charge in [0.25, 0.3) is 0 Å². The van der Waals surface area contributed by atoms with E-state index in [1.807, 2.05) is 48.5 Å². The van der Waals surface area contributed by atoms with Crippen LogP contribution < -0.4 is 5.32 Å². The summed E-state index contributed by atoms with van der Waals surface area (Å²) in [5.41, 5.74) is 2.14. The van der Waals surface area contributed by atoms with E-state index in [1.165, 1.54) is 0 Å². The molecule has 0 aliphatic rings. The molecule has 6 heteroatoms. The lowest BCUT2D eigenvalue weighted by Gasteiger charge is -2.15. The van der Waals surface area contributed by atoms with Crippen LogP contribution in [0.2, 0.25) is 5.02 Å². The predicted molar refractivity (Wildman–Crippen MR) is 91.4 cm³/mol. The third-order valence-electron chi connectivity index (χ3n) is 3.14. The van der Waals surface area contributed by atoms with E-state index < -0.39 is 0 Å². The Hall–Kier alpha value is -1.43. The number of amides is 1. The van der Waals surface area contributed by atoms with Crippen LogP contribution in [0.4, 0.5) is 0 Å². The van der Waals surface area contributed by atoms with Crippen molar-refractivity contribution >= 4 is 28.8 Å². The number of aryl methyl sites for hydroxylation is 1. The van der Waals surface area contributed by atoms with E-state index in [1.54, 1.807) is 11.3 Å². The molecule has 0 bridgehead atoms. The van der Waals surface area contributed by atoms with Gasteiger partial charge in [-0.1, -0.05) is 23.7 Å². The van der Waals surface area contributed by atoms with Crippen molar-refractivity contribution in [3.63, 3.8) is 0 Å². The van der Waals surface area contributed by atoms with Gasteiger partial charge in [-0.3, -0.25) is 9.69 Å². The first-order valence-corrected chi connectivity index (χ1v) is 8.39. The molecule has 1 amide bonds. The number of nitrogens with zero attached hydrogens (tertiary/aromatic N) is 2. The first kappa shape index (κ1) is 16.9. The highest BCUT2D eigenvalue weighted by atomic mass is 35.5. The van der Waals surface area contributed by atoms with E-state index in [4.69, 9.17) is 11.6 Å². The van der Waals surface area contributed by atoms with Crippen molar-refractivity contribution in [1.82, 2.24) is 15.2 Å². The third kappa shape index (κ3) is 5.75. The summed E-state index contributed by atoms with van der Waals surface area (Å²) in [6.07, 6.45) is 0.779. The van der Waals surface area contributed by atoms with Crippen LogP contribution in [-0.4, -0.2) is 35.9 Å². The van der Waals surface area contributed by atoms with Gasteiger partial charge in [0.15, 0.2) is 0 Å². The molecule has 0 spiro atoms. The maximum Gasteiger partial charge on any atom is 0.234 e. The van der Waals surface area contributed by atoms with Crippen LogP contribution in [0, 0.1) is 6.92 Å². The summed E-state index contributed by atoms with van der Waals surface area (Å²) in [5.74, 6) is 0.0245. The molecule has 2 rings (SSSR count). The Morgan fingerprint density at radius 2 is 2.27 bits per heavy atom. The Balaban J connectivity index is 1.69. The first-order chi connectivity index (χ1) is 10.5. The largest absolute Gasteiger partial charge is 0.355 e. The van der Waals surface area contributed by atoms with E-state index in [0.717, 1.165) is 27.7 Å². The minimum absolute atomic E-state index is 0.0245. The Morgan fingerprint density at radius 1 is 1.45 bits per heavy atom. The van der Waals surface area contributed by atoms with Crippen molar-refractivity contribution in [2.24, 2.45) is 0 Å². The van der Waals surface area contributed by atoms with Gasteiger partial charge in [0.05, 0.1) is 17.2 Å². The summed E-state index contributed by atoms with van der Waals surface area (Å²) >= 11 is 7.56. The molecule has 0 unspecified atom stereocenters. The molecule has 22 heavy (non-hydrogen) atoms. The summed E-state index contributed by atoms with van der Waals surface area (Å²) in [5, 5.41) is 6.74. The molecule has 2 aromatic rings. The molecule has 0 aliphatic heterocycles. The van der Waals surface area contributed by atoms with Crippen LogP contribution >= 0.6 is 22.9 Å². The fourth-order valence-corrected chi connectivity index (χ4v) is 2.97. The highest BCUT2D eigenvalue weighted by molar-refractivity contribution is 7.09. The molecule has 0 aliphatic carbocycles. The zero-order chi connectivity index (χ0) is 15.9. The average Bonchev–Trinajstić information content (AvgIpc) is 2.83. The lowest BCUT2D eigenvalue weighted by atomic mass is 10.1. The number of thiazole rings is 1. The molecule has 118 valence electrons. The predicted octanol–water partition coefficient (Wildman–Crippen LogP) is 2.90. The zero-order valence-electron chi connectivity index (χ0n) is 12.8. The molecule has 4 nitrogen and oxygen atoms in total. The minimum Gasteiger partial charge on any atom is -0.355 e. The van der Waals surface area contributed by atoms with Gasteiger partial charge in [-0.15, -0.1) is 11.3 Å². The quantitative estimate of drug-likeness (QED) is 0.845. The topological polar surface area (TPSA) is 45.2 Å². The van der Waals surface area contributed by atoms with Gasteiger partial charge < -0.3 is 5.32 Å². The van der Waals surface area contributed by atoms with Gasteiger partial charge in [-0.25, -0.2) is 4.98 Å². The number of halogens is 1. The van der Waals surface area contributed by atoms with Crippen molar-refractivity contribution in [1.29, 1.82) is 0 Å². The summed E-state index contributed by atoms with van der Waals surface area (Å²) in [7, 11) is 1.92. The molecule has 0 atom stereocenters. The van der Waals surface area contributed by atoms with Gasteiger partial charge in [0.1, 0.15) is 0 Å². The van der Waals surface area contributed by atoms with Crippen LogP contribution in [0.5, 0.6) is 0 Å². The Morgan fingerprint density at radius 3 is 2.95 bits per heavy atom. The lowest BCUT2D eigenvalue weighted by Crippen LogP contribution is -2.35. The molecule has 1 aromatic carbocycles. The smallest absolute Gasteiger partial charge is 0.234 e. The summed E-state index contributed by atoms with van der Waals surface area (Å²) < 4.78 is 0. The number of carbonyl (C=O) groups is 1. The number of nitrogens with one attached hydrogen (secondary N) is 1. The van der Waals surface area contributed by atoms with Gasteiger partial charge in [0.2, 0.25) is 5.91 Å². The van der Waals surface area contributed by atoms with E-state index in [9.17, 15) is 4.79 Å². The zero-order valence-corrected chi connectivity index (χ0v) is 14.4.